The zero-order valence-electron chi connectivity index (χ0n) is 12.0. The van der Waals surface area contributed by atoms with Gasteiger partial charge < -0.3 is 14.2 Å². The molecule has 3 rings (SSSR count). The van der Waals surface area contributed by atoms with Crippen LogP contribution in [0.25, 0.3) is 0 Å². The van der Waals surface area contributed by atoms with E-state index in [0.29, 0.717) is 18.8 Å². The summed E-state index contributed by atoms with van der Waals surface area (Å²) in [5.74, 6) is 0.768. The van der Waals surface area contributed by atoms with E-state index in [4.69, 9.17) is 4.74 Å². The summed E-state index contributed by atoms with van der Waals surface area (Å²) in [6, 6.07) is 9.76. The summed E-state index contributed by atoms with van der Waals surface area (Å²) < 4.78 is 8.52. The van der Waals surface area contributed by atoms with E-state index in [1.807, 2.05) is 41.1 Å². The van der Waals surface area contributed by atoms with E-state index in [9.17, 15) is 4.79 Å². The molecule has 5 heteroatoms. The number of nitrogens with zero attached hydrogens (tertiary/aromatic N) is 2. The fraction of sp³-hybridized carbons (Fsp3) is 0.312. The average molecular weight is 349 g/mol. The molecule has 1 amide bonds. The Bertz CT molecular complexity index is 679. The van der Waals surface area contributed by atoms with E-state index in [0.717, 1.165) is 15.9 Å². The van der Waals surface area contributed by atoms with Gasteiger partial charge in [-0.1, -0.05) is 12.1 Å². The van der Waals surface area contributed by atoms with Crippen molar-refractivity contribution in [3.8, 4) is 5.75 Å². The van der Waals surface area contributed by atoms with Crippen LogP contribution in [0, 0.1) is 0 Å². The van der Waals surface area contributed by atoms with Gasteiger partial charge in [-0.15, -0.1) is 0 Å². The summed E-state index contributed by atoms with van der Waals surface area (Å²) >= 11 is 3.46. The number of carbonyl (C=O) groups is 1. The molecule has 4 nitrogen and oxygen atoms in total. The number of hydrogen-bond acceptors (Lipinski definition) is 2. The van der Waals surface area contributed by atoms with Crippen molar-refractivity contribution in [2.75, 3.05) is 18.1 Å². The second-order valence-electron chi connectivity index (χ2n) is 5.32. The quantitative estimate of drug-likeness (QED) is 0.825. The number of rotatable bonds is 2. The molecule has 1 aliphatic rings. The Hall–Kier alpha value is -1.75. The van der Waals surface area contributed by atoms with Crippen LogP contribution in [0.5, 0.6) is 5.75 Å². The van der Waals surface area contributed by atoms with Gasteiger partial charge in [0.15, 0.2) is 0 Å². The van der Waals surface area contributed by atoms with Crippen LogP contribution in [-0.4, -0.2) is 23.6 Å². The SMILES string of the molecule is CC(C)n1cc(Br)cc1C(=O)N1CCOc2ccccc21. The third kappa shape index (κ3) is 2.58. The molecule has 0 aliphatic carbocycles. The maximum absolute atomic E-state index is 12.9. The van der Waals surface area contributed by atoms with E-state index in [1.165, 1.54) is 0 Å². The molecule has 0 radical (unpaired) electrons. The fourth-order valence-electron chi connectivity index (χ4n) is 2.56. The Morgan fingerprint density at radius 2 is 2.10 bits per heavy atom. The van der Waals surface area contributed by atoms with E-state index in [-0.39, 0.29) is 11.9 Å². The number of halogens is 1. The van der Waals surface area contributed by atoms with Crippen LogP contribution < -0.4 is 9.64 Å². The fourth-order valence-corrected chi connectivity index (χ4v) is 3.00. The standard InChI is InChI=1S/C16H17BrN2O2/c1-11(2)19-10-12(17)9-14(19)16(20)18-7-8-21-15-6-4-3-5-13(15)18/h3-6,9-11H,7-8H2,1-2H3. The third-order valence-corrected chi connectivity index (χ3v) is 4.00. The number of hydrogen-bond donors (Lipinski definition) is 0. The van der Waals surface area contributed by atoms with E-state index < -0.39 is 0 Å². The number of amides is 1. The molecule has 1 aliphatic heterocycles. The Kier molecular flexibility index (Phi) is 3.76. The number of aromatic nitrogens is 1. The first-order valence-corrected chi connectivity index (χ1v) is 7.78. The van der Waals surface area contributed by atoms with Crippen molar-refractivity contribution in [1.29, 1.82) is 0 Å². The lowest BCUT2D eigenvalue weighted by Gasteiger charge is -2.30. The van der Waals surface area contributed by atoms with Crippen LogP contribution in [0.2, 0.25) is 0 Å². The molecule has 0 N–H and O–H groups in total. The molecule has 0 spiro atoms. The number of anilines is 1. The Balaban J connectivity index is 2.01. The van der Waals surface area contributed by atoms with Crippen molar-refractivity contribution in [1.82, 2.24) is 4.57 Å². The molecule has 2 heterocycles. The highest BCUT2D eigenvalue weighted by Crippen LogP contribution is 2.32. The highest BCUT2D eigenvalue weighted by Gasteiger charge is 2.27. The number of ether oxygens (including phenoxy) is 1. The van der Waals surface area contributed by atoms with Crippen LogP contribution in [0.15, 0.2) is 41.0 Å². The third-order valence-electron chi connectivity index (χ3n) is 3.56. The smallest absolute Gasteiger partial charge is 0.275 e. The molecular formula is C16H17BrN2O2. The van der Waals surface area contributed by atoms with Gasteiger partial charge in [-0.05, 0) is 48.0 Å². The van der Waals surface area contributed by atoms with Crippen LogP contribution in [-0.2, 0) is 0 Å². The van der Waals surface area contributed by atoms with Gasteiger partial charge in [0.2, 0.25) is 0 Å². The predicted molar refractivity (Wildman–Crippen MR) is 86.1 cm³/mol. The van der Waals surface area contributed by atoms with E-state index >= 15 is 0 Å². The lowest BCUT2D eigenvalue weighted by Crippen LogP contribution is -2.39. The Morgan fingerprint density at radius 1 is 1.33 bits per heavy atom. The van der Waals surface area contributed by atoms with Gasteiger partial charge in [-0.25, -0.2) is 0 Å². The van der Waals surface area contributed by atoms with Crippen molar-refractivity contribution >= 4 is 27.5 Å². The molecule has 1 aromatic carbocycles. The van der Waals surface area contributed by atoms with Crippen molar-refractivity contribution in [3.63, 3.8) is 0 Å². The number of carbonyl (C=O) groups excluding carboxylic acids is 1. The summed E-state index contributed by atoms with van der Waals surface area (Å²) in [4.78, 5) is 14.7. The lowest BCUT2D eigenvalue weighted by molar-refractivity contribution is 0.0966. The van der Waals surface area contributed by atoms with Gasteiger partial charge in [-0.3, -0.25) is 4.79 Å². The first-order valence-electron chi connectivity index (χ1n) is 6.99. The van der Waals surface area contributed by atoms with Gasteiger partial charge in [0.05, 0.1) is 12.2 Å². The summed E-state index contributed by atoms with van der Waals surface area (Å²) in [5, 5.41) is 0. The highest BCUT2D eigenvalue weighted by molar-refractivity contribution is 9.10. The first kappa shape index (κ1) is 14.2. The molecule has 0 bridgehead atoms. The Labute approximate surface area is 132 Å². The summed E-state index contributed by atoms with van der Waals surface area (Å²) in [6.45, 7) is 5.22. The molecule has 2 aromatic rings. The summed E-state index contributed by atoms with van der Waals surface area (Å²) in [6.07, 6.45) is 1.95. The lowest BCUT2D eigenvalue weighted by atomic mass is 10.2. The second-order valence-corrected chi connectivity index (χ2v) is 6.23. The number of para-hydroxylation sites is 2. The van der Waals surface area contributed by atoms with Gasteiger partial charge in [0, 0.05) is 16.7 Å². The molecule has 110 valence electrons. The Morgan fingerprint density at radius 3 is 2.86 bits per heavy atom. The largest absolute Gasteiger partial charge is 0.490 e. The molecule has 0 unspecified atom stereocenters. The molecule has 0 saturated carbocycles. The van der Waals surface area contributed by atoms with Crippen LogP contribution in [0.3, 0.4) is 0 Å². The van der Waals surface area contributed by atoms with E-state index in [1.54, 1.807) is 4.90 Å². The summed E-state index contributed by atoms with van der Waals surface area (Å²) in [5.41, 5.74) is 1.52. The molecule has 21 heavy (non-hydrogen) atoms. The molecular weight excluding hydrogens is 332 g/mol. The van der Waals surface area contributed by atoms with Crippen molar-refractivity contribution in [3.05, 3.63) is 46.7 Å². The van der Waals surface area contributed by atoms with Crippen molar-refractivity contribution in [2.45, 2.75) is 19.9 Å². The molecule has 1 aromatic heterocycles. The minimum atomic E-state index is 0.00477. The monoisotopic (exact) mass is 348 g/mol. The molecule has 0 saturated heterocycles. The minimum Gasteiger partial charge on any atom is -0.490 e. The van der Waals surface area contributed by atoms with Crippen LogP contribution in [0.1, 0.15) is 30.4 Å². The molecule has 0 fully saturated rings. The van der Waals surface area contributed by atoms with E-state index in [2.05, 4.69) is 29.8 Å². The zero-order valence-corrected chi connectivity index (χ0v) is 13.6. The normalized spacial score (nSPS) is 14.0. The van der Waals surface area contributed by atoms with Gasteiger partial charge in [0.25, 0.3) is 5.91 Å². The van der Waals surface area contributed by atoms with Crippen molar-refractivity contribution in [2.24, 2.45) is 0 Å². The van der Waals surface area contributed by atoms with Gasteiger partial charge in [-0.2, -0.15) is 0 Å². The number of fused-ring (bicyclic) bond motifs is 1. The summed E-state index contributed by atoms with van der Waals surface area (Å²) in [7, 11) is 0. The maximum atomic E-state index is 12.9. The minimum absolute atomic E-state index is 0.00477. The first-order chi connectivity index (χ1) is 10.1. The molecule has 0 atom stereocenters. The van der Waals surface area contributed by atoms with Gasteiger partial charge in [0.1, 0.15) is 18.1 Å². The number of benzene rings is 1. The highest BCUT2D eigenvalue weighted by atomic mass is 79.9. The average Bonchev–Trinajstić information content (AvgIpc) is 2.88. The van der Waals surface area contributed by atoms with Crippen LogP contribution in [0.4, 0.5) is 5.69 Å². The van der Waals surface area contributed by atoms with Crippen molar-refractivity contribution < 1.29 is 9.53 Å². The topological polar surface area (TPSA) is 34.5 Å². The van der Waals surface area contributed by atoms with Gasteiger partial charge >= 0.3 is 0 Å². The maximum Gasteiger partial charge on any atom is 0.275 e. The predicted octanol–water partition coefficient (Wildman–Crippen LogP) is 3.87. The zero-order chi connectivity index (χ0) is 15.0. The second kappa shape index (κ2) is 5.56. The van der Waals surface area contributed by atoms with Crippen LogP contribution >= 0.6 is 15.9 Å².